The Labute approximate surface area is 183 Å². The molecular formula is C24H33NO6. The van der Waals surface area contributed by atoms with Gasteiger partial charge in [-0.15, -0.1) is 4.91 Å². The Morgan fingerprint density at radius 3 is 2.61 bits per heavy atom. The molecule has 7 heteroatoms. The van der Waals surface area contributed by atoms with Crippen molar-refractivity contribution in [1.29, 1.82) is 0 Å². The van der Waals surface area contributed by atoms with Crippen molar-refractivity contribution in [3.63, 3.8) is 0 Å². The highest BCUT2D eigenvalue weighted by Crippen LogP contribution is 2.53. The first-order valence-corrected chi connectivity index (χ1v) is 10.9. The SMILES string of the molecule is COc1cc(N=O)c2c(c1)C1CC1CC[C@H](OC(C)(C)C)C(O)/C=C\C[C@H](C)OC2=O. The lowest BCUT2D eigenvalue weighted by molar-refractivity contribution is -0.102. The Morgan fingerprint density at radius 1 is 1.23 bits per heavy atom. The second-order valence-corrected chi connectivity index (χ2v) is 9.52. The van der Waals surface area contributed by atoms with Crippen LogP contribution in [-0.4, -0.2) is 42.1 Å². The first-order valence-electron chi connectivity index (χ1n) is 10.9. The number of cyclic esters (lactones) is 1. The lowest BCUT2D eigenvalue weighted by Gasteiger charge is -2.30. The molecule has 0 aromatic heterocycles. The molecule has 1 aliphatic carbocycles. The van der Waals surface area contributed by atoms with Gasteiger partial charge < -0.3 is 19.3 Å². The highest BCUT2D eigenvalue weighted by atomic mass is 16.5. The summed E-state index contributed by atoms with van der Waals surface area (Å²) in [6, 6.07) is 3.28. The van der Waals surface area contributed by atoms with Crippen LogP contribution in [-0.2, 0) is 9.47 Å². The molecule has 5 atom stereocenters. The van der Waals surface area contributed by atoms with E-state index in [2.05, 4.69) is 5.18 Å². The fourth-order valence-electron chi connectivity index (χ4n) is 4.23. The van der Waals surface area contributed by atoms with E-state index in [1.165, 1.54) is 13.2 Å². The summed E-state index contributed by atoms with van der Waals surface area (Å²) in [6.45, 7) is 7.72. The van der Waals surface area contributed by atoms with E-state index in [0.717, 1.165) is 18.4 Å². The van der Waals surface area contributed by atoms with Gasteiger partial charge in [-0.3, -0.25) is 0 Å². The number of aliphatic hydroxyl groups is 1. The number of methoxy groups -OCH3 is 1. The van der Waals surface area contributed by atoms with Gasteiger partial charge in [-0.2, -0.15) is 0 Å². The number of nitrogens with zero attached hydrogens (tertiary/aromatic N) is 1. The summed E-state index contributed by atoms with van der Waals surface area (Å²) in [7, 11) is 1.52. The van der Waals surface area contributed by atoms with E-state index in [0.29, 0.717) is 24.5 Å². The standard InChI is InChI=1S/C24H33NO6/c1-14-7-6-8-20(26)21(31-24(2,3)4)10-9-15-11-17(15)18-12-16(29-5)13-19(25-28)22(18)23(27)30-14/h6,8,12-15,17,20-21,26H,7,9-11H2,1-5H3/b8-6-/t14-,15?,17?,20?,21-/m0/s1. The number of fused-ring (bicyclic) bond motifs is 3. The largest absolute Gasteiger partial charge is 0.497 e. The molecule has 0 amide bonds. The predicted octanol–water partition coefficient (Wildman–Crippen LogP) is 5.03. The Balaban J connectivity index is 1.95. The molecule has 3 unspecified atom stereocenters. The molecule has 0 spiro atoms. The number of rotatable bonds is 3. The van der Waals surface area contributed by atoms with Crippen molar-refractivity contribution in [3.8, 4) is 5.75 Å². The summed E-state index contributed by atoms with van der Waals surface area (Å²) < 4.78 is 17.1. The predicted molar refractivity (Wildman–Crippen MR) is 118 cm³/mol. The van der Waals surface area contributed by atoms with Gasteiger partial charge in [0.15, 0.2) is 0 Å². The van der Waals surface area contributed by atoms with Crippen LogP contribution in [0.5, 0.6) is 5.75 Å². The van der Waals surface area contributed by atoms with E-state index in [1.807, 2.05) is 26.8 Å². The molecule has 1 fully saturated rings. The van der Waals surface area contributed by atoms with Crippen LogP contribution in [0, 0.1) is 10.8 Å². The maximum absolute atomic E-state index is 12.9. The van der Waals surface area contributed by atoms with Crippen LogP contribution < -0.4 is 4.74 Å². The molecule has 0 bridgehead atoms. The van der Waals surface area contributed by atoms with Gasteiger partial charge in [-0.25, -0.2) is 4.79 Å². The third-order valence-electron chi connectivity index (χ3n) is 5.80. The van der Waals surface area contributed by atoms with Gasteiger partial charge >= 0.3 is 5.97 Å². The second-order valence-electron chi connectivity index (χ2n) is 9.52. The van der Waals surface area contributed by atoms with E-state index in [9.17, 15) is 14.8 Å². The van der Waals surface area contributed by atoms with E-state index in [4.69, 9.17) is 14.2 Å². The first-order chi connectivity index (χ1) is 14.6. The Morgan fingerprint density at radius 2 is 1.97 bits per heavy atom. The van der Waals surface area contributed by atoms with Crippen LogP contribution in [0.15, 0.2) is 29.5 Å². The molecule has 0 radical (unpaired) electrons. The van der Waals surface area contributed by atoms with Crippen molar-refractivity contribution in [1.82, 2.24) is 0 Å². The number of hydrogen-bond acceptors (Lipinski definition) is 7. The molecule has 31 heavy (non-hydrogen) atoms. The van der Waals surface area contributed by atoms with Gasteiger partial charge in [0.1, 0.15) is 17.5 Å². The minimum atomic E-state index is -0.736. The molecule has 1 aliphatic heterocycles. The highest BCUT2D eigenvalue weighted by molar-refractivity contribution is 5.97. The van der Waals surface area contributed by atoms with Gasteiger partial charge in [0.25, 0.3) is 0 Å². The topological polar surface area (TPSA) is 94.4 Å². The number of nitroso groups, excluding NO2 is 1. The molecule has 1 saturated carbocycles. The van der Waals surface area contributed by atoms with Crippen molar-refractivity contribution in [2.24, 2.45) is 11.1 Å². The molecule has 2 aliphatic rings. The van der Waals surface area contributed by atoms with E-state index < -0.39 is 18.2 Å². The van der Waals surface area contributed by atoms with Crippen molar-refractivity contribution in [3.05, 3.63) is 40.3 Å². The van der Waals surface area contributed by atoms with Crippen LogP contribution in [0.4, 0.5) is 5.69 Å². The van der Waals surface area contributed by atoms with Crippen LogP contribution >= 0.6 is 0 Å². The summed E-state index contributed by atoms with van der Waals surface area (Å²) in [5, 5.41) is 13.8. The number of hydrogen-bond donors (Lipinski definition) is 1. The maximum Gasteiger partial charge on any atom is 0.341 e. The van der Waals surface area contributed by atoms with Gasteiger partial charge in [0.05, 0.1) is 30.5 Å². The summed E-state index contributed by atoms with van der Waals surface area (Å²) in [5.41, 5.74) is 0.654. The van der Waals surface area contributed by atoms with Crippen LogP contribution in [0.25, 0.3) is 0 Å². The van der Waals surface area contributed by atoms with Gasteiger partial charge in [-0.05, 0) is 75.6 Å². The first kappa shape index (κ1) is 23.4. The molecule has 1 N–H and O–H groups in total. The summed E-state index contributed by atoms with van der Waals surface area (Å²) in [6.07, 6.45) is 4.89. The molecule has 1 aromatic carbocycles. The average molecular weight is 432 g/mol. The monoisotopic (exact) mass is 431 g/mol. The van der Waals surface area contributed by atoms with E-state index in [1.54, 1.807) is 19.1 Å². The minimum absolute atomic E-state index is 0.0456. The van der Waals surface area contributed by atoms with Crippen LogP contribution in [0.2, 0.25) is 0 Å². The number of ether oxygens (including phenoxy) is 3. The number of benzene rings is 1. The Kier molecular flexibility index (Phi) is 7.17. The zero-order valence-electron chi connectivity index (χ0n) is 19.0. The van der Waals surface area contributed by atoms with E-state index >= 15 is 0 Å². The van der Waals surface area contributed by atoms with E-state index in [-0.39, 0.29) is 28.9 Å². The van der Waals surface area contributed by atoms with Crippen molar-refractivity contribution < 1.29 is 24.1 Å². The normalized spacial score (nSPS) is 30.3. The van der Waals surface area contributed by atoms with Crippen molar-refractivity contribution >= 4 is 11.7 Å². The smallest absolute Gasteiger partial charge is 0.341 e. The number of carbonyl (C=O) groups excluding carboxylic acids is 1. The molecule has 1 heterocycles. The molecule has 1 aromatic rings. The molecule has 0 saturated heterocycles. The lowest BCUT2D eigenvalue weighted by atomic mass is 9.97. The molecule has 3 rings (SSSR count). The molecular weight excluding hydrogens is 398 g/mol. The molecule has 170 valence electrons. The average Bonchev–Trinajstić information content (AvgIpc) is 3.47. The van der Waals surface area contributed by atoms with Gasteiger partial charge in [0, 0.05) is 12.5 Å². The zero-order chi connectivity index (χ0) is 22.8. The number of esters is 1. The summed E-state index contributed by atoms with van der Waals surface area (Å²) in [5.74, 6) is 0.374. The third kappa shape index (κ3) is 5.92. The minimum Gasteiger partial charge on any atom is -0.497 e. The second kappa shape index (κ2) is 9.49. The Bertz CT molecular complexity index is 843. The summed E-state index contributed by atoms with van der Waals surface area (Å²) >= 11 is 0. The van der Waals surface area contributed by atoms with Gasteiger partial charge in [0.2, 0.25) is 0 Å². The molecule has 7 nitrogen and oxygen atoms in total. The van der Waals surface area contributed by atoms with Crippen molar-refractivity contribution in [2.45, 2.75) is 83.2 Å². The fourth-order valence-corrected chi connectivity index (χ4v) is 4.23. The van der Waals surface area contributed by atoms with Crippen LogP contribution in [0.1, 0.15) is 75.2 Å². The van der Waals surface area contributed by atoms with Gasteiger partial charge in [-0.1, -0.05) is 12.2 Å². The lowest BCUT2D eigenvalue weighted by Crippen LogP contribution is -2.35. The number of aliphatic hydroxyl groups excluding tert-OH is 1. The van der Waals surface area contributed by atoms with Crippen molar-refractivity contribution in [2.75, 3.05) is 7.11 Å². The highest BCUT2D eigenvalue weighted by Gasteiger charge is 2.42. The maximum atomic E-state index is 12.9. The third-order valence-corrected chi connectivity index (χ3v) is 5.80. The fraction of sp³-hybridized carbons (Fsp3) is 0.625. The zero-order valence-corrected chi connectivity index (χ0v) is 19.0. The van der Waals surface area contributed by atoms with Crippen LogP contribution in [0.3, 0.4) is 0 Å². The number of carbonyl (C=O) groups is 1. The quantitative estimate of drug-likeness (QED) is 0.410. The Hall–Kier alpha value is -2.25. The summed E-state index contributed by atoms with van der Waals surface area (Å²) in [4.78, 5) is 24.5.